The second-order valence-corrected chi connectivity index (χ2v) is 5.72. The van der Waals surface area contributed by atoms with Crippen LogP contribution in [0.1, 0.15) is 34.8 Å². The Labute approximate surface area is 127 Å². The fraction of sp³-hybridized carbons (Fsp3) is 0.375. The van der Waals surface area contributed by atoms with Crippen LogP contribution in [-0.4, -0.2) is 44.7 Å². The standard InChI is InChI=1S/C16H18N2O4/c1-17-9-12(14(16(21)22)18-6-2-3-7-18)11-5-4-10(15(19)20)8-13(11)17/h4-5,8-9,14H,2-3,6-7H2,1H3,(H,19,20)(H,21,22)/t14-/m0/s1. The Hall–Kier alpha value is -2.34. The summed E-state index contributed by atoms with van der Waals surface area (Å²) in [4.78, 5) is 24.8. The molecule has 1 atom stereocenters. The fourth-order valence-corrected chi connectivity index (χ4v) is 3.25. The number of nitrogens with zero attached hydrogens (tertiary/aromatic N) is 2. The number of rotatable bonds is 4. The van der Waals surface area contributed by atoms with Gasteiger partial charge in [-0.15, -0.1) is 0 Å². The maximum atomic E-state index is 11.8. The van der Waals surface area contributed by atoms with E-state index in [1.54, 1.807) is 29.9 Å². The van der Waals surface area contributed by atoms with Crippen molar-refractivity contribution in [2.45, 2.75) is 18.9 Å². The van der Waals surface area contributed by atoms with Gasteiger partial charge < -0.3 is 14.8 Å². The second-order valence-electron chi connectivity index (χ2n) is 5.72. The van der Waals surface area contributed by atoms with Gasteiger partial charge in [-0.3, -0.25) is 9.69 Å². The van der Waals surface area contributed by atoms with Gasteiger partial charge in [-0.05, 0) is 38.1 Å². The monoisotopic (exact) mass is 302 g/mol. The lowest BCUT2D eigenvalue weighted by Gasteiger charge is -2.23. The van der Waals surface area contributed by atoms with Crippen molar-refractivity contribution in [3.05, 3.63) is 35.5 Å². The molecule has 1 aromatic heterocycles. The summed E-state index contributed by atoms with van der Waals surface area (Å²) in [5, 5.41) is 19.6. The van der Waals surface area contributed by atoms with Crippen LogP contribution < -0.4 is 0 Å². The number of hydrogen-bond donors (Lipinski definition) is 2. The van der Waals surface area contributed by atoms with Gasteiger partial charge in [-0.2, -0.15) is 0 Å². The normalized spacial score (nSPS) is 17.0. The van der Waals surface area contributed by atoms with Crippen LogP contribution in [0.5, 0.6) is 0 Å². The summed E-state index contributed by atoms with van der Waals surface area (Å²) in [6, 6.07) is 4.14. The number of likely N-dealkylation sites (tertiary alicyclic amines) is 1. The smallest absolute Gasteiger partial charge is 0.335 e. The lowest BCUT2D eigenvalue weighted by atomic mass is 10.0. The largest absolute Gasteiger partial charge is 0.480 e. The molecule has 1 aliphatic rings. The van der Waals surface area contributed by atoms with Gasteiger partial charge in [0.05, 0.1) is 5.56 Å². The van der Waals surface area contributed by atoms with Crippen LogP contribution in [0.4, 0.5) is 0 Å². The van der Waals surface area contributed by atoms with E-state index < -0.39 is 18.0 Å². The van der Waals surface area contributed by atoms with E-state index in [2.05, 4.69) is 0 Å². The van der Waals surface area contributed by atoms with Crippen molar-refractivity contribution < 1.29 is 19.8 Å². The van der Waals surface area contributed by atoms with Gasteiger partial charge in [0.15, 0.2) is 0 Å². The Morgan fingerprint density at radius 2 is 1.86 bits per heavy atom. The molecular weight excluding hydrogens is 284 g/mol. The minimum atomic E-state index is -0.987. The molecule has 1 saturated heterocycles. The Bertz CT molecular complexity index is 744. The van der Waals surface area contributed by atoms with Crippen molar-refractivity contribution in [1.29, 1.82) is 0 Å². The maximum Gasteiger partial charge on any atom is 0.335 e. The van der Waals surface area contributed by atoms with Crippen LogP contribution in [-0.2, 0) is 11.8 Å². The van der Waals surface area contributed by atoms with Crippen LogP contribution in [0, 0.1) is 0 Å². The molecule has 6 heteroatoms. The third-order valence-corrected chi connectivity index (χ3v) is 4.30. The van der Waals surface area contributed by atoms with Gasteiger partial charge in [-0.25, -0.2) is 4.79 Å². The van der Waals surface area contributed by atoms with Crippen LogP contribution >= 0.6 is 0 Å². The number of benzene rings is 1. The molecule has 0 spiro atoms. The van der Waals surface area contributed by atoms with Crippen molar-refractivity contribution in [3.63, 3.8) is 0 Å². The quantitative estimate of drug-likeness (QED) is 0.903. The van der Waals surface area contributed by atoms with Gasteiger partial charge in [-0.1, -0.05) is 6.07 Å². The first-order chi connectivity index (χ1) is 10.5. The van der Waals surface area contributed by atoms with E-state index in [4.69, 9.17) is 5.11 Å². The highest BCUT2D eigenvalue weighted by molar-refractivity contribution is 5.96. The van der Waals surface area contributed by atoms with E-state index in [9.17, 15) is 14.7 Å². The van der Waals surface area contributed by atoms with Gasteiger partial charge in [0.25, 0.3) is 0 Å². The molecule has 6 nitrogen and oxygen atoms in total. The molecule has 3 rings (SSSR count). The average Bonchev–Trinajstić information content (AvgIpc) is 3.08. The van der Waals surface area contributed by atoms with E-state index in [1.165, 1.54) is 6.07 Å². The number of aromatic carboxylic acids is 1. The van der Waals surface area contributed by atoms with Gasteiger partial charge in [0.1, 0.15) is 6.04 Å². The summed E-state index contributed by atoms with van der Waals surface area (Å²) in [5.41, 5.74) is 1.66. The number of hydrogen-bond acceptors (Lipinski definition) is 3. The lowest BCUT2D eigenvalue weighted by molar-refractivity contribution is -0.143. The number of carboxylic acid groups (broad SMARTS) is 2. The molecule has 0 aliphatic carbocycles. The predicted octanol–water partition coefficient (Wildman–Crippen LogP) is 2.10. The van der Waals surface area contributed by atoms with Gasteiger partial charge >= 0.3 is 11.9 Å². The van der Waals surface area contributed by atoms with E-state index in [0.717, 1.165) is 42.4 Å². The van der Waals surface area contributed by atoms with Crippen LogP contribution in [0.3, 0.4) is 0 Å². The third kappa shape index (κ3) is 2.35. The molecule has 0 bridgehead atoms. The van der Waals surface area contributed by atoms with Crippen molar-refractivity contribution in [2.75, 3.05) is 13.1 Å². The summed E-state index contributed by atoms with van der Waals surface area (Å²) < 4.78 is 1.79. The molecule has 0 radical (unpaired) electrons. The van der Waals surface area contributed by atoms with Crippen LogP contribution in [0.15, 0.2) is 24.4 Å². The Morgan fingerprint density at radius 1 is 1.18 bits per heavy atom. The molecule has 0 amide bonds. The molecule has 1 fully saturated rings. The Morgan fingerprint density at radius 3 is 2.45 bits per heavy atom. The predicted molar refractivity (Wildman–Crippen MR) is 81.1 cm³/mol. The van der Waals surface area contributed by atoms with Gasteiger partial charge in [0.2, 0.25) is 0 Å². The van der Waals surface area contributed by atoms with Crippen molar-refractivity contribution in [1.82, 2.24) is 9.47 Å². The van der Waals surface area contributed by atoms with E-state index in [-0.39, 0.29) is 5.56 Å². The molecule has 116 valence electrons. The van der Waals surface area contributed by atoms with Crippen LogP contribution in [0.25, 0.3) is 10.9 Å². The first-order valence-corrected chi connectivity index (χ1v) is 7.28. The lowest BCUT2D eigenvalue weighted by Crippen LogP contribution is -2.31. The molecular formula is C16H18N2O4. The maximum absolute atomic E-state index is 11.8. The molecule has 2 aromatic rings. The zero-order valence-corrected chi connectivity index (χ0v) is 12.3. The zero-order chi connectivity index (χ0) is 15.9. The molecule has 0 saturated carbocycles. The molecule has 0 unspecified atom stereocenters. The number of fused-ring (bicyclic) bond motifs is 1. The average molecular weight is 302 g/mol. The van der Waals surface area contributed by atoms with Crippen molar-refractivity contribution in [3.8, 4) is 0 Å². The fourth-order valence-electron chi connectivity index (χ4n) is 3.25. The first-order valence-electron chi connectivity index (χ1n) is 7.28. The molecule has 2 N–H and O–H groups in total. The summed E-state index contributed by atoms with van der Waals surface area (Å²) in [5.74, 6) is -1.85. The molecule has 1 aromatic carbocycles. The molecule has 1 aliphatic heterocycles. The topological polar surface area (TPSA) is 82.8 Å². The summed E-state index contributed by atoms with van der Waals surface area (Å²) in [6.45, 7) is 1.56. The Kier molecular flexibility index (Phi) is 3.62. The van der Waals surface area contributed by atoms with Crippen molar-refractivity contribution >= 4 is 22.8 Å². The second kappa shape index (κ2) is 5.46. The van der Waals surface area contributed by atoms with E-state index in [0.29, 0.717) is 0 Å². The first kappa shape index (κ1) is 14.6. The van der Waals surface area contributed by atoms with E-state index in [1.807, 2.05) is 4.90 Å². The summed E-state index contributed by atoms with van der Waals surface area (Å²) in [7, 11) is 1.81. The highest BCUT2D eigenvalue weighted by Gasteiger charge is 2.31. The summed E-state index contributed by atoms with van der Waals surface area (Å²) >= 11 is 0. The molecule has 22 heavy (non-hydrogen) atoms. The molecule has 2 heterocycles. The highest BCUT2D eigenvalue weighted by Crippen LogP contribution is 2.32. The number of aliphatic carboxylic acids is 1. The Balaban J connectivity index is 2.13. The number of carbonyl (C=O) groups is 2. The minimum absolute atomic E-state index is 0.202. The van der Waals surface area contributed by atoms with Gasteiger partial charge in [0, 0.05) is 29.7 Å². The highest BCUT2D eigenvalue weighted by atomic mass is 16.4. The minimum Gasteiger partial charge on any atom is -0.480 e. The third-order valence-electron chi connectivity index (χ3n) is 4.30. The number of aryl methyl sites for hydroxylation is 1. The number of aromatic nitrogens is 1. The zero-order valence-electron chi connectivity index (χ0n) is 12.3. The SMILES string of the molecule is Cn1cc([C@@H](C(=O)O)N2CCCC2)c2ccc(C(=O)O)cc21. The number of carboxylic acids is 2. The summed E-state index contributed by atoms with van der Waals surface area (Å²) in [6.07, 6.45) is 3.82. The van der Waals surface area contributed by atoms with Crippen LogP contribution in [0.2, 0.25) is 0 Å². The van der Waals surface area contributed by atoms with E-state index >= 15 is 0 Å². The van der Waals surface area contributed by atoms with Crippen molar-refractivity contribution in [2.24, 2.45) is 7.05 Å².